The van der Waals surface area contributed by atoms with Gasteiger partial charge in [-0.05, 0) is 46.3 Å². The maximum absolute atomic E-state index is 13.4. The zero-order valence-corrected chi connectivity index (χ0v) is 14.7. The topological polar surface area (TPSA) is 51.2 Å². The number of ether oxygens (including phenoxy) is 1. The second-order valence-corrected chi connectivity index (χ2v) is 6.42. The quantitative estimate of drug-likeness (QED) is 0.656. The van der Waals surface area contributed by atoms with Gasteiger partial charge in [-0.1, -0.05) is 12.1 Å². The van der Waals surface area contributed by atoms with E-state index in [1.54, 1.807) is 23.7 Å². The highest BCUT2D eigenvalue weighted by molar-refractivity contribution is 9.10. The number of carbonyl (C=O) groups excluding carboxylic acids is 1. The third-order valence-corrected chi connectivity index (χ3v) is 4.49. The van der Waals surface area contributed by atoms with Crippen LogP contribution in [0, 0.1) is 5.82 Å². The van der Waals surface area contributed by atoms with Crippen LogP contribution in [-0.2, 0) is 6.61 Å². The third kappa shape index (κ3) is 3.98. The normalized spacial score (nSPS) is 10.4. The Kier molecular flexibility index (Phi) is 5.22. The zero-order chi connectivity index (χ0) is 16.9. The molecular weight excluding hydrogens is 395 g/mol. The largest absolute Gasteiger partial charge is 0.485 e. The van der Waals surface area contributed by atoms with Gasteiger partial charge < -0.3 is 10.1 Å². The van der Waals surface area contributed by atoms with Crippen molar-refractivity contribution < 1.29 is 13.9 Å². The zero-order valence-electron chi connectivity index (χ0n) is 12.3. The second kappa shape index (κ2) is 7.55. The molecule has 0 spiro atoms. The van der Waals surface area contributed by atoms with E-state index in [1.807, 2.05) is 11.4 Å². The van der Waals surface area contributed by atoms with Gasteiger partial charge in [0, 0.05) is 9.85 Å². The lowest BCUT2D eigenvalue weighted by atomic mass is 10.2. The summed E-state index contributed by atoms with van der Waals surface area (Å²) in [6, 6.07) is 11.0. The molecule has 0 aliphatic rings. The van der Waals surface area contributed by atoms with Crippen molar-refractivity contribution in [2.45, 2.75) is 6.61 Å². The molecule has 7 heteroatoms. The molecule has 0 saturated heterocycles. The molecule has 1 amide bonds. The molecule has 0 aliphatic carbocycles. The van der Waals surface area contributed by atoms with Crippen LogP contribution in [0.25, 0.3) is 0 Å². The molecular formula is C17H12BrFN2O2S. The lowest BCUT2D eigenvalue weighted by Crippen LogP contribution is -2.14. The summed E-state index contributed by atoms with van der Waals surface area (Å²) >= 11 is 4.74. The average Bonchev–Trinajstić information content (AvgIpc) is 3.09. The van der Waals surface area contributed by atoms with Gasteiger partial charge in [0.15, 0.2) is 0 Å². The molecule has 0 bridgehead atoms. The van der Waals surface area contributed by atoms with Crippen LogP contribution in [0.3, 0.4) is 0 Å². The summed E-state index contributed by atoms with van der Waals surface area (Å²) < 4.78 is 19.6. The molecule has 0 fully saturated rings. The van der Waals surface area contributed by atoms with E-state index in [4.69, 9.17) is 4.74 Å². The minimum absolute atomic E-state index is 0.212. The predicted molar refractivity (Wildman–Crippen MR) is 94.9 cm³/mol. The van der Waals surface area contributed by atoms with Gasteiger partial charge in [-0.2, -0.15) is 0 Å². The van der Waals surface area contributed by atoms with Gasteiger partial charge in [0.2, 0.25) is 0 Å². The summed E-state index contributed by atoms with van der Waals surface area (Å²) in [5.41, 5.74) is 3.26. The third-order valence-electron chi connectivity index (χ3n) is 3.17. The van der Waals surface area contributed by atoms with Crippen LogP contribution in [0.5, 0.6) is 5.75 Å². The molecule has 0 aliphatic heterocycles. The number of nitrogens with zero attached hydrogens (tertiary/aromatic N) is 1. The first-order valence-electron chi connectivity index (χ1n) is 6.99. The molecule has 1 heterocycles. The molecule has 122 valence electrons. The number of hydrogen-bond acceptors (Lipinski definition) is 4. The van der Waals surface area contributed by atoms with Gasteiger partial charge in [-0.3, -0.25) is 4.79 Å². The highest BCUT2D eigenvalue weighted by atomic mass is 79.9. The first kappa shape index (κ1) is 16.6. The van der Waals surface area contributed by atoms with Crippen LogP contribution in [0.4, 0.5) is 10.1 Å². The summed E-state index contributed by atoms with van der Waals surface area (Å²) in [5.74, 6) is -0.381. The Morgan fingerprint density at radius 1 is 1.29 bits per heavy atom. The monoisotopic (exact) mass is 406 g/mol. The Bertz CT molecular complexity index is 856. The number of anilines is 1. The van der Waals surface area contributed by atoms with Gasteiger partial charge in [0.25, 0.3) is 5.91 Å². The van der Waals surface area contributed by atoms with E-state index in [9.17, 15) is 9.18 Å². The van der Waals surface area contributed by atoms with Gasteiger partial charge in [0.05, 0.1) is 22.5 Å². The number of nitrogens with one attached hydrogen (secondary N) is 1. The summed E-state index contributed by atoms with van der Waals surface area (Å²) in [4.78, 5) is 16.5. The first-order valence-corrected chi connectivity index (χ1v) is 8.72. The average molecular weight is 407 g/mol. The SMILES string of the molecule is O=C(Nc1ccccc1OCc1cscn1)c1cc(F)ccc1Br. The van der Waals surface area contributed by atoms with Gasteiger partial charge in [-0.15, -0.1) is 11.3 Å². The van der Waals surface area contributed by atoms with Crippen LogP contribution >= 0.6 is 27.3 Å². The number of halogens is 2. The molecule has 3 aromatic rings. The second-order valence-electron chi connectivity index (χ2n) is 4.84. The summed E-state index contributed by atoms with van der Waals surface area (Å²) in [5, 5.41) is 4.64. The smallest absolute Gasteiger partial charge is 0.257 e. The number of amides is 1. The lowest BCUT2D eigenvalue weighted by molar-refractivity contribution is 0.102. The Hall–Kier alpha value is -2.25. The summed E-state index contributed by atoms with van der Waals surface area (Å²) in [6.07, 6.45) is 0. The van der Waals surface area contributed by atoms with E-state index in [0.29, 0.717) is 22.5 Å². The molecule has 0 radical (unpaired) electrons. The van der Waals surface area contributed by atoms with Crippen molar-refractivity contribution in [1.29, 1.82) is 0 Å². The Morgan fingerprint density at radius 3 is 2.92 bits per heavy atom. The molecule has 0 atom stereocenters. The Morgan fingerprint density at radius 2 is 2.12 bits per heavy atom. The number of thiazole rings is 1. The standard InChI is InChI=1S/C17H12BrFN2O2S/c18-14-6-5-11(19)7-13(14)17(22)21-15-3-1-2-4-16(15)23-8-12-9-24-10-20-12/h1-7,9-10H,8H2,(H,21,22). The summed E-state index contributed by atoms with van der Waals surface area (Å²) in [7, 11) is 0. The van der Waals surface area contributed by atoms with E-state index in [-0.39, 0.29) is 5.56 Å². The minimum Gasteiger partial charge on any atom is -0.485 e. The fourth-order valence-corrected chi connectivity index (χ4v) is 2.99. The van der Waals surface area contributed by atoms with Gasteiger partial charge in [-0.25, -0.2) is 9.37 Å². The van der Waals surface area contributed by atoms with Crippen LogP contribution in [-0.4, -0.2) is 10.9 Å². The minimum atomic E-state index is -0.476. The number of para-hydroxylation sites is 2. The Balaban J connectivity index is 1.77. The van der Waals surface area contributed by atoms with Crippen LogP contribution in [0.15, 0.2) is 57.8 Å². The molecule has 0 unspecified atom stereocenters. The molecule has 3 rings (SSSR count). The van der Waals surface area contributed by atoms with Crippen molar-refractivity contribution in [2.75, 3.05) is 5.32 Å². The van der Waals surface area contributed by atoms with E-state index in [0.717, 1.165) is 5.69 Å². The Labute approximate surface area is 150 Å². The lowest BCUT2D eigenvalue weighted by Gasteiger charge is -2.12. The molecule has 1 N–H and O–H groups in total. The molecule has 24 heavy (non-hydrogen) atoms. The number of aromatic nitrogens is 1. The van der Waals surface area contributed by atoms with Crippen molar-refractivity contribution in [3.05, 3.63) is 74.9 Å². The van der Waals surface area contributed by atoms with Crippen LogP contribution in [0.2, 0.25) is 0 Å². The van der Waals surface area contributed by atoms with Crippen molar-refractivity contribution in [3.8, 4) is 5.75 Å². The predicted octanol–water partition coefficient (Wildman–Crippen LogP) is 4.88. The van der Waals surface area contributed by atoms with E-state index in [2.05, 4.69) is 26.2 Å². The van der Waals surface area contributed by atoms with Crippen molar-refractivity contribution >= 4 is 38.9 Å². The number of benzene rings is 2. The number of carbonyl (C=O) groups is 1. The number of hydrogen-bond donors (Lipinski definition) is 1. The van der Waals surface area contributed by atoms with Crippen LogP contribution in [0.1, 0.15) is 16.1 Å². The van der Waals surface area contributed by atoms with Gasteiger partial charge in [0.1, 0.15) is 18.2 Å². The fraction of sp³-hybridized carbons (Fsp3) is 0.0588. The molecule has 4 nitrogen and oxygen atoms in total. The van der Waals surface area contributed by atoms with Crippen molar-refractivity contribution in [3.63, 3.8) is 0 Å². The van der Waals surface area contributed by atoms with Crippen molar-refractivity contribution in [2.24, 2.45) is 0 Å². The summed E-state index contributed by atoms with van der Waals surface area (Å²) in [6.45, 7) is 0.306. The van der Waals surface area contributed by atoms with Crippen molar-refractivity contribution in [1.82, 2.24) is 4.98 Å². The molecule has 2 aromatic carbocycles. The first-order chi connectivity index (χ1) is 11.6. The van der Waals surface area contributed by atoms with E-state index >= 15 is 0 Å². The number of rotatable bonds is 5. The highest BCUT2D eigenvalue weighted by Gasteiger charge is 2.14. The molecule has 1 aromatic heterocycles. The van der Waals surface area contributed by atoms with Gasteiger partial charge >= 0.3 is 0 Å². The van der Waals surface area contributed by atoms with Crippen LogP contribution < -0.4 is 10.1 Å². The maximum Gasteiger partial charge on any atom is 0.257 e. The molecule has 0 saturated carbocycles. The highest BCUT2D eigenvalue weighted by Crippen LogP contribution is 2.26. The maximum atomic E-state index is 13.4. The fourth-order valence-electron chi connectivity index (χ4n) is 2.02. The van der Waals surface area contributed by atoms with E-state index < -0.39 is 11.7 Å². The van der Waals surface area contributed by atoms with E-state index in [1.165, 1.54) is 29.5 Å².